The molecule has 0 atom stereocenters. The quantitative estimate of drug-likeness (QED) is 0.338. The molecule has 1 aliphatic rings. The zero-order valence-electron chi connectivity index (χ0n) is 7.78. The van der Waals surface area contributed by atoms with Crippen LogP contribution in [0.5, 0.6) is 0 Å². The molecule has 0 bridgehead atoms. The lowest BCUT2D eigenvalue weighted by molar-refractivity contribution is 0.319. The Balaban J connectivity index is 0.000000187. The van der Waals surface area contributed by atoms with Gasteiger partial charge in [0.1, 0.15) is 11.4 Å². The average molecular weight is 206 g/mol. The first-order valence-corrected chi connectivity index (χ1v) is 4.10. The second kappa shape index (κ2) is 6.14. The van der Waals surface area contributed by atoms with Crippen molar-refractivity contribution >= 4 is 11.4 Å². The van der Waals surface area contributed by atoms with Crippen LogP contribution in [0.4, 0.5) is 0 Å². The number of aromatic nitrogens is 2. The maximum atomic E-state index is 8.23. The van der Waals surface area contributed by atoms with Gasteiger partial charge in [0.05, 0.1) is 6.33 Å². The number of rotatable bonds is 0. The van der Waals surface area contributed by atoms with Crippen molar-refractivity contribution < 1.29 is 10.4 Å². The maximum absolute atomic E-state index is 8.23. The predicted molar refractivity (Wildman–Crippen MR) is 55.3 cm³/mol. The van der Waals surface area contributed by atoms with Crippen LogP contribution in [-0.4, -0.2) is 31.8 Å². The van der Waals surface area contributed by atoms with Crippen LogP contribution >= 0.6 is 0 Å². The predicted octanol–water partition coefficient (Wildman–Crippen LogP) is 1.18. The van der Waals surface area contributed by atoms with Crippen molar-refractivity contribution in [3.8, 4) is 0 Å². The number of hydrogen-bond acceptors (Lipinski definition) is 5. The third-order valence-corrected chi connectivity index (χ3v) is 1.49. The van der Waals surface area contributed by atoms with Gasteiger partial charge in [-0.15, -0.1) is 0 Å². The van der Waals surface area contributed by atoms with E-state index in [1.807, 2.05) is 0 Å². The molecule has 0 fully saturated rings. The Bertz CT molecular complexity index is 331. The zero-order chi connectivity index (χ0) is 10.9. The van der Waals surface area contributed by atoms with Crippen LogP contribution in [-0.2, 0) is 0 Å². The van der Waals surface area contributed by atoms with Crippen LogP contribution in [0.3, 0.4) is 0 Å². The molecule has 0 saturated carbocycles. The Morgan fingerprint density at radius 3 is 1.73 bits per heavy atom. The molecular formula is C9H10N4O2. The van der Waals surface area contributed by atoms with Gasteiger partial charge in [0.2, 0.25) is 0 Å². The molecular weight excluding hydrogens is 196 g/mol. The summed E-state index contributed by atoms with van der Waals surface area (Å²) in [6, 6.07) is 0. The third-order valence-electron chi connectivity index (χ3n) is 1.49. The first kappa shape index (κ1) is 10.7. The fourth-order valence-corrected chi connectivity index (χ4v) is 0.801. The van der Waals surface area contributed by atoms with Crippen molar-refractivity contribution in [3.05, 3.63) is 43.0 Å². The summed E-state index contributed by atoms with van der Waals surface area (Å²) in [4.78, 5) is 6.42. The number of nitrogens with zero attached hydrogens (tertiary/aromatic N) is 3. The van der Waals surface area contributed by atoms with Gasteiger partial charge in [-0.25, -0.2) is 4.98 Å². The summed E-state index contributed by atoms with van der Waals surface area (Å²) in [6.07, 6.45) is 11.2. The lowest BCUT2D eigenvalue weighted by atomic mass is 10.1. The van der Waals surface area contributed by atoms with Crippen molar-refractivity contribution in [2.75, 3.05) is 0 Å². The topological polar surface area (TPSA) is 93.9 Å². The van der Waals surface area contributed by atoms with Crippen molar-refractivity contribution in [2.24, 2.45) is 10.3 Å². The van der Waals surface area contributed by atoms with Gasteiger partial charge in [-0.05, 0) is 24.3 Å². The molecule has 0 aromatic carbocycles. The highest BCUT2D eigenvalue weighted by Crippen LogP contribution is 1.95. The standard InChI is InChI=1S/C6H6N2O2.C3H4N2/c9-7-5-1-2-6(8-10)4-3-5;1-2-5-3-4-1/h1-4,9-10H;1-3H,(H,4,5). The molecule has 0 amide bonds. The van der Waals surface area contributed by atoms with Crippen LogP contribution in [0, 0.1) is 0 Å². The first-order valence-electron chi connectivity index (χ1n) is 4.10. The van der Waals surface area contributed by atoms with E-state index in [1.165, 1.54) is 24.3 Å². The van der Waals surface area contributed by atoms with Crippen LogP contribution in [0.25, 0.3) is 0 Å². The molecule has 1 aliphatic carbocycles. The molecule has 1 aromatic rings. The van der Waals surface area contributed by atoms with E-state index in [0.29, 0.717) is 11.4 Å². The lowest BCUT2D eigenvalue weighted by Crippen LogP contribution is -1.99. The molecule has 78 valence electrons. The first-order chi connectivity index (χ1) is 7.36. The number of allylic oxidation sites excluding steroid dienone is 4. The van der Waals surface area contributed by atoms with E-state index in [4.69, 9.17) is 10.4 Å². The molecule has 0 saturated heterocycles. The minimum absolute atomic E-state index is 0.437. The molecule has 1 aromatic heterocycles. The summed E-state index contributed by atoms with van der Waals surface area (Å²) in [6.45, 7) is 0. The van der Waals surface area contributed by atoms with Crippen molar-refractivity contribution in [1.29, 1.82) is 0 Å². The number of hydrogen-bond donors (Lipinski definition) is 3. The number of aromatic amines is 1. The van der Waals surface area contributed by atoms with E-state index in [9.17, 15) is 0 Å². The molecule has 2 rings (SSSR count). The van der Waals surface area contributed by atoms with Crippen molar-refractivity contribution in [3.63, 3.8) is 0 Å². The summed E-state index contributed by atoms with van der Waals surface area (Å²) in [7, 11) is 0. The van der Waals surface area contributed by atoms with Crippen LogP contribution < -0.4 is 0 Å². The van der Waals surface area contributed by atoms with Gasteiger partial charge in [-0.2, -0.15) is 0 Å². The number of nitrogens with one attached hydrogen (secondary N) is 1. The number of oxime groups is 2. The molecule has 15 heavy (non-hydrogen) atoms. The summed E-state index contributed by atoms with van der Waals surface area (Å²) in [5.41, 5.74) is 0.875. The Morgan fingerprint density at radius 2 is 1.53 bits per heavy atom. The van der Waals surface area contributed by atoms with Gasteiger partial charge in [-0.3, -0.25) is 0 Å². The SMILES string of the molecule is ON=C1C=CC(=NO)C=C1.c1c[nH]cn1. The van der Waals surface area contributed by atoms with Gasteiger partial charge < -0.3 is 15.4 Å². The number of H-pyrrole nitrogens is 1. The van der Waals surface area contributed by atoms with E-state index in [1.54, 1.807) is 18.7 Å². The summed E-state index contributed by atoms with van der Waals surface area (Å²) < 4.78 is 0. The highest BCUT2D eigenvalue weighted by atomic mass is 16.4. The minimum atomic E-state index is 0.437. The second-order valence-corrected chi connectivity index (χ2v) is 2.48. The summed E-state index contributed by atoms with van der Waals surface area (Å²) in [5.74, 6) is 0. The van der Waals surface area contributed by atoms with Gasteiger partial charge >= 0.3 is 0 Å². The molecule has 6 heteroatoms. The second-order valence-electron chi connectivity index (χ2n) is 2.48. The minimum Gasteiger partial charge on any atom is -0.410 e. The Hall–Kier alpha value is -2.37. The monoisotopic (exact) mass is 206 g/mol. The van der Waals surface area contributed by atoms with Crippen LogP contribution in [0.2, 0.25) is 0 Å². The summed E-state index contributed by atoms with van der Waals surface area (Å²) in [5, 5.41) is 22.3. The fraction of sp³-hybridized carbons (Fsp3) is 0. The Labute approximate surface area is 86.0 Å². The van der Waals surface area contributed by atoms with E-state index in [0.717, 1.165) is 0 Å². The average Bonchev–Trinajstić information content (AvgIpc) is 2.88. The van der Waals surface area contributed by atoms with E-state index < -0.39 is 0 Å². The van der Waals surface area contributed by atoms with Crippen LogP contribution in [0.1, 0.15) is 0 Å². The normalized spacial score (nSPS) is 13.1. The highest BCUT2D eigenvalue weighted by molar-refractivity contribution is 6.18. The van der Waals surface area contributed by atoms with Crippen molar-refractivity contribution in [2.45, 2.75) is 0 Å². The molecule has 0 spiro atoms. The summed E-state index contributed by atoms with van der Waals surface area (Å²) >= 11 is 0. The Morgan fingerprint density at radius 1 is 1.00 bits per heavy atom. The maximum Gasteiger partial charge on any atom is 0.102 e. The van der Waals surface area contributed by atoms with E-state index in [-0.39, 0.29) is 0 Å². The Kier molecular flexibility index (Phi) is 4.38. The highest BCUT2D eigenvalue weighted by Gasteiger charge is 1.97. The molecule has 0 radical (unpaired) electrons. The van der Waals surface area contributed by atoms with E-state index in [2.05, 4.69) is 20.3 Å². The van der Waals surface area contributed by atoms with Crippen LogP contribution in [0.15, 0.2) is 53.3 Å². The van der Waals surface area contributed by atoms with Gasteiger partial charge in [0.15, 0.2) is 0 Å². The lowest BCUT2D eigenvalue weighted by Gasteiger charge is -1.95. The molecule has 3 N–H and O–H groups in total. The molecule has 0 aliphatic heterocycles. The number of imidazole rings is 1. The smallest absolute Gasteiger partial charge is 0.102 e. The fourth-order valence-electron chi connectivity index (χ4n) is 0.801. The zero-order valence-corrected chi connectivity index (χ0v) is 7.78. The van der Waals surface area contributed by atoms with Crippen molar-refractivity contribution in [1.82, 2.24) is 9.97 Å². The third kappa shape index (κ3) is 3.90. The van der Waals surface area contributed by atoms with Gasteiger partial charge in [0.25, 0.3) is 0 Å². The van der Waals surface area contributed by atoms with E-state index >= 15 is 0 Å². The van der Waals surface area contributed by atoms with Gasteiger partial charge in [0, 0.05) is 12.4 Å². The molecule has 0 unspecified atom stereocenters. The largest absolute Gasteiger partial charge is 0.410 e. The molecule has 1 heterocycles. The van der Waals surface area contributed by atoms with Gasteiger partial charge in [-0.1, -0.05) is 10.3 Å². The molecule has 6 nitrogen and oxygen atoms in total.